The number of aromatic carboxylic acids is 1. The molecule has 0 saturated carbocycles. The van der Waals surface area contributed by atoms with E-state index in [0.29, 0.717) is 11.5 Å². The molecule has 68 valence electrons. The average Bonchev–Trinajstić information content (AvgIpc) is 2.55. The Kier molecular flexibility index (Phi) is 1.42. The Labute approximate surface area is 73.6 Å². The van der Waals surface area contributed by atoms with E-state index in [1.54, 1.807) is 13.8 Å². The summed E-state index contributed by atoms with van der Waals surface area (Å²) in [5.41, 5.74) is 1.23. The molecule has 0 amide bonds. The molecule has 1 N–H and O–H groups in total. The summed E-state index contributed by atoms with van der Waals surface area (Å²) in [5, 5.41) is 8.78. The molecule has 0 aromatic carbocycles. The summed E-state index contributed by atoms with van der Waals surface area (Å²) in [6.07, 6.45) is 1.41. The van der Waals surface area contributed by atoms with Gasteiger partial charge < -0.3 is 9.52 Å². The normalized spacial score (nSPS) is 10.9. The van der Waals surface area contributed by atoms with Crippen molar-refractivity contribution in [2.45, 2.75) is 13.8 Å². The molecule has 0 aliphatic carbocycles. The minimum absolute atomic E-state index is 0.00986. The van der Waals surface area contributed by atoms with Crippen LogP contribution in [-0.4, -0.2) is 20.5 Å². The zero-order chi connectivity index (χ0) is 9.59. The number of hydrogen-bond acceptors (Lipinski definition) is 3. The topological polar surface area (TPSA) is 67.7 Å². The summed E-state index contributed by atoms with van der Waals surface area (Å²) in [5.74, 6) is -0.354. The number of oxazole rings is 1. The maximum Gasteiger partial charge on any atom is 0.372 e. The molecule has 2 heterocycles. The first kappa shape index (κ1) is 7.85. The second-order valence-corrected chi connectivity index (χ2v) is 2.80. The van der Waals surface area contributed by atoms with Crippen LogP contribution in [0.15, 0.2) is 10.6 Å². The lowest BCUT2D eigenvalue weighted by atomic mass is 10.4. The highest BCUT2D eigenvalue weighted by Gasteiger charge is 2.16. The molecular weight excluding hydrogens is 172 g/mol. The Hall–Kier alpha value is -1.78. The smallest absolute Gasteiger partial charge is 0.372 e. The molecule has 0 unspecified atom stereocenters. The summed E-state index contributed by atoms with van der Waals surface area (Å²) in [7, 11) is 0. The fraction of sp³-hybridized carbons (Fsp3) is 0.250. The van der Waals surface area contributed by atoms with Gasteiger partial charge in [0, 0.05) is 0 Å². The third kappa shape index (κ3) is 0.932. The fourth-order valence-electron chi connectivity index (χ4n) is 1.27. The van der Waals surface area contributed by atoms with Gasteiger partial charge in [-0.3, -0.25) is 4.40 Å². The Morgan fingerprint density at radius 3 is 2.92 bits per heavy atom. The van der Waals surface area contributed by atoms with Crippen LogP contribution < -0.4 is 0 Å². The lowest BCUT2D eigenvalue weighted by Gasteiger charge is -1.92. The molecule has 0 aliphatic rings. The number of aryl methyl sites for hydroxylation is 2. The summed E-state index contributed by atoms with van der Waals surface area (Å²) in [6.45, 7) is 3.58. The van der Waals surface area contributed by atoms with Crippen molar-refractivity contribution in [1.82, 2.24) is 9.38 Å². The number of fused-ring (bicyclic) bond motifs is 1. The molecule has 0 saturated heterocycles. The molecule has 2 aromatic rings. The number of carboxylic acid groups (broad SMARTS) is 1. The van der Waals surface area contributed by atoms with Crippen molar-refractivity contribution < 1.29 is 14.3 Å². The quantitative estimate of drug-likeness (QED) is 0.716. The maximum absolute atomic E-state index is 10.7. The van der Waals surface area contributed by atoms with E-state index in [4.69, 9.17) is 9.52 Å². The van der Waals surface area contributed by atoms with Gasteiger partial charge in [-0.2, -0.15) is 0 Å². The van der Waals surface area contributed by atoms with Gasteiger partial charge in [-0.1, -0.05) is 0 Å². The highest BCUT2D eigenvalue weighted by atomic mass is 16.4. The van der Waals surface area contributed by atoms with Gasteiger partial charge in [0.1, 0.15) is 5.76 Å². The predicted octanol–water partition coefficient (Wildman–Crippen LogP) is 1.24. The molecule has 0 radical (unpaired) electrons. The second kappa shape index (κ2) is 2.35. The van der Waals surface area contributed by atoms with Crippen LogP contribution >= 0.6 is 0 Å². The summed E-state index contributed by atoms with van der Waals surface area (Å²) in [6, 6.07) is 0. The molecule has 5 nitrogen and oxygen atoms in total. The standard InChI is InChI=1S/C8H8N2O3/c1-4-5(2)13-6-3-9-7(8(11)12)10(4)6/h3H,1-2H3,(H,11,12). The number of imidazole rings is 1. The van der Waals surface area contributed by atoms with Crippen LogP contribution in [0.3, 0.4) is 0 Å². The first-order valence-corrected chi connectivity index (χ1v) is 3.78. The Balaban J connectivity index is 2.85. The van der Waals surface area contributed by atoms with Crippen LogP contribution in [0.2, 0.25) is 0 Å². The van der Waals surface area contributed by atoms with Crippen molar-refractivity contribution in [1.29, 1.82) is 0 Å². The third-order valence-electron chi connectivity index (χ3n) is 2.02. The summed E-state index contributed by atoms with van der Waals surface area (Å²) in [4.78, 5) is 14.4. The van der Waals surface area contributed by atoms with Gasteiger partial charge in [0.15, 0.2) is 0 Å². The first-order valence-electron chi connectivity index (χ1n) is 3.78. The van der Waals surface area contributed by atoms with Crippen molar-refractivity contribution in [3.05, 3.63) is 23.5 Å². The lowest BCUT2D eigenvalue weighted by Crippen LogP contribution is -2.04. The van der Waals surface area contributed by atoms with Gasteiger partial charge in [-0.25, -0.2) is 9.78 Å². The van der Waals surface area contributed by atoms with Crippen LogP contribution in [0.4, 0.5) is 0 Å². The van der Waals surface area contributed by atoms with Gasteiger partial charge in [0.25, 0.3) is 0 Å². The second-order valence-electron chi connectivity index (χ2n) is 2.80. The van der Waals surface area contributed by atoms with E-state index in [9.17, 15) is 4.79 Å². The van der Waals surface area contributed by atoms with E-state index in [1.807, 2.05) is 0 Å². The molecule has 2 rings (SSSR count). The van der Waals surface area contributed by atoms with E-state index >= 15 is 0 Å². The highest BCUT2D eigenvalue weighted by Crippen LogP contribution is 2.16. The Morgan fingerprint density at radius 2 is 2.31 bits per heavy atom. The first-order chi connectivity index (χ1) is 6.11. The number of carbonyl (C=O) groups is 1. The number of hydrogen-bond donors (Lipinski definition) is 1. The van der Waals surface area contributed by atoms with Crippen LogP contribution in [0, 0.1) is 13.8 Å². The third-order valence-corrected chi connectivity index (χ3v) is 2.02. The summed E-state index contributed by atoms with van der Waals surface area (Å²) < 4.78 is 6.75. The number of nitrogens with zero attached hydrogens (tertiary/aromatic N) is 2. The maximum atomic E-state index is 10.7. The molecule has 0 aliphatic heterocycles. The van der Waals surface area contributed by atoms with Crippen molar-refractivity contribution in [2.24, 2.45) is 0 Å². The predicted molar refractivity (Wildman–Crippen MR) is 43.9 cm³/mol. The minimum Gasteiger partial charge on any atom is -0.475 e. The summed E-state index contributed by atoms with van der Waals surface area (Å²) >= 11 is 0. The van der Waals surface area contributed by atoms with Crippen molar-refractivity contribution in [3.8, 4) is 0 Å². The molecule has 5 heteroatoms. The van der Waals surface area contributed by atoms with E-state index < -0.39 is 5.97 Å². The average molecular weight is 180 g/mol. The van der Waals surface area contributed by atoms with Crippen LogP contribution in [0.1, 0.15) is 22.1 Å². The zero-order valence-corrected chi connectivity index (χ0v) is 7.24. The van der Waals surface area contributed by atoms with E-state index in [2.05, 4.69) is 4.98 Å². The SMILES string of the molecule is Cc1oc2cnc(C(=O)O)n2c1C. The van der Waals surface area contributed by atoms with Crippen LogP contribution in [0.25, 0.3) is 5.71 Å². The Morgan fingerprint density at radius 1 is 1.62 bits per heavy atom. The Bertz CT molecular complexity index is 481. The van der Waals surface area contributed by atoms with Crippen LogP contribution in [0.5, 0.6) is 0 Å². The monoisotopic (exact) mass is 180 g/mol. The minimum atomic E-state index is -1.05. The van der Waals surface area contributed by atoms with Gasteiger partial charge in [0.2, 0.25) is 11.5 Å². The van der Waals surface area contributed by atoms with Gasteiger partial charge in [-0.15, -0.1) is 0 Å². The molecule has 13 heavy (non-hydrogen) atoms. The van der Waals surface area contributed by atoms with Crippen LogP contribution in [-0.2, 0) is 0 Å². The number of aromatic nitrogens is 2. The van der Waals surface area contributed by atoms with Crippen molar-refractivity contribution >= 4 is 11.7 Å². The lowest BCUT2D eigenvalue weighted by molar-refractivity contribution is 0.0682. The van der Waals surface area contributed by atoms with Gasteiger partial charge in [-0.05, 0) is 13.8 Å². The van der Waals surface area contributed by atoms with E-state index in [-0.39, 0.29) is 5.82 Å². The van der Waals surface area contributed by atoms with Gasteiger partial charge >= 0.3 is 5.97 Å². The molecule has 0 atom stereocenters. The molecular formula is C8H8N2O3. The number of rotatable bonds is 1. The van der Waals surface area contributed by atoms with Gasteiger partial charge in [0.05, 0.1) is 11.9 Å². The van der Waals surface area contributed by atoms with E-state index in [0.717, 1.165) is 5.69 Å². The van der Waals surface area contributed by atoms with Crippen molar-refractivity contribution in [3.63, 3.8) is 0 Å². The fourth-order valence-corrected chi connectivity index (χ4v) is 1.27. The molecule has 0 bridgehead atoms. The molecule has 2 aromatic heterocycles. The molecule has 0 fully saturated rings. The molecule has 0 spiro atoms. The zero-order valence-electron chi connectivity index (χ0n) is 7.24. The largest absolute Gasteiger partial charge is 0.475 e. The highest BCUT2D eigenvalue weighted by molar-refractivity contribution is 5.84. The van der Waals surface area contributed by atoms with E-state index in [1.165, 1.54) is 10.6 Å². The number of carboxylic acids is 1. The van der Waals surface area contributed by atoms with Crippen molar-refractivity contribution in [2.75, 3.05) is 0 Å².